The molecule has 0 saturated heterocycles. The highest BCUT2D eigenvalue weighted by atomic mass is 32.2. The van der Waals surface area contributed by atoms with Crippen LogP contribution in [0.3, 0.4) is 0 Å². The van der Waals surface area contributed by atoms with E-state index in [1.807, 2.05) is 0 Å². The first-order valence-electron chi connectivity index (χ1n) is 8.05. The predicted molar refractivity (Wildman–Crippen MR) is 100 cm³/mol. The summed E-state index contributed by atoms with van der Waals surface area (Å²) in [6.45, 7) is 18.2. The third-order valence-electron chi connectivity index (χ3n) is 5.37. The van der Waals surface area contributed by atoms with Crippen LogP contribution >= 0.6 is 0 Å². The van der Waals surface area contributed by atoms with Crippen LogP contribution in [0.4, 0.5) is 0 Å². The Morgan fingerprint density at radius 2 is 1.91 bits per heavy atom. The van der Waals surface area contributed by atoms with Crippen molar-refractivity contribution in [1.29, 1.82) is 0 Å². The van der Waals surface area contributed by atoms with Crippen molar-refractivity contribution in [3.63, 3.8) is 0 Å². The van der Waals surface area contributed by atoms with Gasteiger partial charge in [0.15, 0.2) is 8.32 Å². The van der Waals surface area contributed by atoms with E-state index in [0.29, 0.717) is 6.61 Å². The first-order chi connectivity index (χ1) is 10.3. The molecule has 2 N–H and O–H groups in total. The van der Waals surface area contributed by atoms with E-state index in [1.54, 1.807) is 0 Å². The number of hydrogen-bond donors (Lipinski definition) is 2. The molecule has 0 heterocycles. The molecule has 1 rings (SSSR count). The fourth-order valence-corrected chi connectivity index (χ4v) is 3.67. The second kappa shape index (κ2) is 7.17. The molecule has 0 spiro atoms. The molecule has 0 aromatic heterocycles. The van der Waals surface area contributed by atoms with Gasteiger partial charge in [0.1, 0.15) is 0 Å². The minimum absolute atomic E-state index is 0.173. The van der Waals surface area contributed by atoms with E-state index in [1.165, 1.54) is 11.1 Å². The van der Waals surface area contributed by atoms with Gasteiger partial charge in [-0.15, -0.1) is 0 Å². The standard InChI is InChI=1S/C16H32N2O3SSi/c1-12-9-10-14(17-18-22(19)20)16(5,6)13(12)11-21-23(7,8)15(2,3)4/h18H,9-11H2,1-8H3,(H,19,20)/b17-14-. The van der Waals surface area contributed by atoms with Crippen molar-refractivity contribution in [2.45, 2.75) is 72.5 Å². The van der Waals surface area contributed by atoms with Gasteiger partial charge in [-0.05, 0) is 43.5 Å². The number of nitrogens with one attached hydrogen (secondary N) is 1. The van der Waals surface area contributed by atoms with Crippen molar-refractivity contribution < 1.29 is 13.2 Å². The van der Waals surface area contributed by atoms with Crippen molar-refractivity contribution in [2.24, 2.45) is 10.5 Å². The van der Waals surface area contributed by atoms with E-state index in [0.717, 1.165) is 18.6 Å². The van der Waals surface area contributed by atoms with Gasteiger partial charge >= 0.3 is 0 Å². The van der Waals surface area contributed by atoms with E-state index in [-0.39, 0.29) is 10.5 Å². The van der Waals surface area contributed by atoms with Crippen molar-refractivity contribution >= 4 is 25.3 Å². The smallest absolute Gasteiger partial charge is 0.275 e. The maximum absolute atomic E-state index is 10.8. The fourth-order valence-electron chi connectivity index (χ4n) is 2.54. The lowest BCUT2D eigenvalue weighted by atomic mass is 9.71. The molecule has 1 aliphatic carbocycles. The number of rotatable bonds is 5. The molecule has 0 saturated carbocycles. The number of hydrogen-bond acceptors (Lipinski definition) is 3. The second-order valence-electron chi connectivity index (χ2n) is 8.33. The number of allylic oxidation sites excluding steroid dienone is 1. The Labute approximate surface area is 144 Å². The van der Waals surface area contributed by atoms with Crippen LogP contribution in [0.5, 0.6) is 0 Å². The first kappa shape index (κ1) is 20.5. The summed E-state index contributed by atoms with van der Waals surface area (Å²) in [5, 5.41) is 4.32. The average Bonchev–Trinajstić information content (AvgIpc) is 2.35. The summed E-state index contributed by atoms with van der Waals surface area (Å²) in [6.07, 6.45) is 1.71. The van der Waals surface area contributed by atoms with Gasteiger partial charge in [-0.2, -0.15) is 5.10 Å². The van der Waals surface area contributed by atoms with Crippen molar-refractivity contribution in [3.05, 3.63) is 11.1 Å². The Hall–Kier alpha value is -0.503. The highest BCUT2D eigenvalue weighted by Gasteiger charge is 2.40. The zero-order valence-corrected chi connectivity index (χ0v) is 17.6. The molecule has 0 aromatic rings. The Bertz CT molecular complexity index is 534. The van der Waals surface area contributed by atoms with Crippen LogP contribution in [0.1, 0.15) is 54.4 Å². The predicted octanol–water partition coefficient (Wildman–Crippen LogP) is 4.23. The van der Waals surface area contributed by atoms with Crippen molar-refractivity contribution in [1.82, 2.24) is 4.83 Å². The van der Waals surface area contributed by atoms with E-state index in [9.17, 15) is 4.21 Å². The third kappa shape index (κ3) is 4.98. The van der Waals surface area contributed by atoms with E-state index < -0.39 is 19.6 Å². The van der Waals surface area contributed by atoms with Gasteiger partial charge < -0.3 is 4.43 Å². The summed E-state index contributed by atoms with van der Waals surface area (Å²) < 4.78 is 26.1. The Morgan fingerprint density at radius 3 is 2.39 bits per heavy atom. The summed E-state index contributed by atoms with van der Waals surface area (Å²) >= 11 is -2.13. The Balaban J connectivity index is 3.00. The molecule has 0 radical (unpaired) electrons. The summed E-state index contributed by atoms with van der Waals surface area (Å²) in [4.78, 5) is 2.26. The molecular formula is C16H32N2O3SSi. The van der Waals surface area contributed by atoms with Crippen LogP contribution in [-0.2, 0) is 15.7 Å². The van der Waals surface area contributed by atoms with Crippen molar-refractivity contribution in [3.8, 4) is 0 Å². The maximum atomic E-state index is 10.8. The summed E-state index contributed by atoms with van der Waals surface area (Å²) in [5.41, 5.74) is 3.23. The van der Waals surface area contributed by atoms with Gasteiger partial charge in [-0.3, -0.25) is 4.55 Å². The van der Waals surface area contributed by atoms with E-state index in [4.69, 9.17) is 8.98 Å². The van der Waals surface area contributed by atoms with Gasteiger partial charge in [-0.25, -0.2) is 9.04 Å². The van der Waals surface area contributed by atoms with Crippen LogP contribution < -0.4 is 4.83 Å². The summed E-state index contributed by atoms with van der Waals surface area (Å²) in [5.74, 6) is 0. The zero-order chi connectivity index (χ0) is 18.1. The molecule has 0 aromatic carbocycles. The molecule has 1 atom stereocenters. The number of nitrogens with zero attached hydrogens (tertiary/aromatic N) is 1. The highest BCUT2D eigenvalue weighted by Crippen LogP contribution is 2.41. The zero-order valence-electron chi connectivity index (χ0n) is 15.7. The molecule has 7 heteroatoms. The van der Waals surface area contributed by atoms with Crippen LogP contribution in [0.25, 0.3) is 0 Å². The lowest BCUT2D eigenvalue weighted by Crippen LogP contribution is -2.43. The molecular weight excluding hydrogens is 328 g/mol. The van der Waals surface area contributed by atoms with Gasteiger partial charge in [0, 0.05) is 11.1 Å². The lowest BCUT2D eigenvalue weighted by Gasteiger charge is -2.40. The minimum Gasteiger partial charge on any atom is -0.413 e. The van der Waals surface area contributed by atoms with Crippen LogP contribution in [0.15, 0.2) is 16.2 Å². The quantitative estimate of drug-likeness (QED) is 0.334. The SMILES string of the molecule is CC1=C(CO[Si](C)(C)C(C)(C)C)C(C)(C)/C(=N\NS(=O)O)CC1. The van der Waals surface area contributed by atoms with Gasteiger partial charge in [0.25, 0.3) is 11.3 Å². The van der Waals surface area contributed by atoms with E-state index >= 15 is 0 Å². The molecule has 0 bridgehead atoms. The molecule has 1 unspecified atom stereocenters. The minimum atomic E-state index is -2.13. The molecule has 0 fully saturated rings. The van der Waals surface area contributed by atoms with E-state index in [2.05, 4.69) is 64.6 Å². The highest BCUT2D eigenvalue weighted by molar-refractivity contribution is 7.77. The molecule has 134 valence electrons. The topological polar surface area (TPSA) is 70.9 Å². The average molecular weight is 361 g/mol. The van der Waals surface area contributed by atoms with Crippen molar-refractivity contribution in [2.75, 3.05) is 6.61 Å². The molecule has 5 nitrogen and oxygen atoms in total. The Kier molecular flexibility index (Phi) is 6.40. The third-order valence-corrected chi connectivity index (χ3v) is 10.1. The van der Waals surface area contributed by atoms with Gasteiger partial charge in [0.05, 0.1) is 6.61 Å². The second-order valence-corrected chi connectivity index (χ2v) is 13.8. The number of hydrazone groups is 1. The maximum Gasteiger partial charge on any atom is 0.275 e. The molecule has 1 aliphatic rings. The molecule has 0 amide bonds. The van der Waals surface area contributed by atoms with Gasteiger partial charge in [-0.1, -0.05) is 40.2 Å². The normalized spacial score (nSPS) is 22.4. The first-order valence-corrected chi connectivity index (χ1v) is 12.1. The van der Waals surface area contributed by atoms with Gasteiger partial charge in [0.2, 0.25) is 0 Å². The lowest BCUT2D eigenvalue weighted by molar-refractivity contribution is 0.296. The fraction of sp³-hybridized carbons (Fsp3) is 0.812. The monoisotopic (exact) mass is 360 g/mol. The molecule has 0 aliphatic heterocycles. The summed E-state index contributed by atoms with van der Waals surface area (Å²) in [6, 6.07) is 0. The van der Waals surface area contributed by atoms with Crippen LogP contribution in [0.2, 0.25) is 18.1 Å². The van der Waals surface area contributed by atoms with Crippen LogP contribution in [0, 0.1) is 5.41 Å². The summed E-state index contributed by atoms with van der Waals surface area (Å²) in [7, 11) is -1.82. The largest absolute Gasteiger partial charge is 0.413 e. The molecule has 23 heavy (non-hydrogen) atoms. The van der Waals surface area contributed by atoms with Crippen LogP contribution in [-0.4, -0.2) is 29.4 Å². The Morgan fingerprint density at radius 1 is 1.35 bits per heavy atom.